The van der Waals surface area contributed by atoms with Gasteiger partial charge in [-0.2, -0.15) is 0 Å². The SMILES string of the molecule is Cc1ncc(NC(=O)c2cc(C(C)(C)C)oc2C)cc1-c1ccc(C(=O)NCC(C)(C)C)cc1. The number of anilines is 1. The molecule has 3 aromatic rings. The second-order valence-corrected chi connectivity index (χ2v) is 11.0. The minimum Gasteiger partial charge on any atom is -0.465 e. The first-order valence-corrected chi connectivity index (χ1v) is 11.5. The van der Waals surface area contributed by atoms with Crippen molar-refractivity contribution in [3.05, 3.63) is 70.9 Å². The molecule has 0 radical (unpaired) electrons. The molecule has 2 amide bonds. The van der Waals surface area contributed by atoms with Crippen LogP contribution in [0.1, 0.15) is 79.5 Å². The van der Waals surface area contributed by atoms with Gasteiger partial charge in [-0.3, -0.25) is 14.6 Å². The van der Waals surface area contributed by atoms with Crippen molar-refractivity contribution in [2.75, 3.05) is 11.9 Å². The summed E-state index contributed by atoms with van der Waals surface area (Å²) >= 11 is 0. The van der Waals surface area contributed by atoms with Crippen LogP contribution in [0.3, 0.4) is 0 Å². The normalized spacial score (nSPS) is 11.9. The van der Waals surface area contributed by atoms with Crippen LogP contribution in [0.5, 0.6) is 0 Å². The second kappa shape index (κ2) is 9.45. The molecule has 6 nitrogen and oxygen atoms in total. The molecule has 1 aromatic carbocycles. The molecule has 3 rings (SSSR count). The van der Waals surface area contributed by atoms with E-state index in [-0.39, 0.29) is 22.6 Å². The van der Waals surface area contributed by atoms with Crippen molar-refractivity contribution in [2.45, 2.75) is 60.8 Å². The molecule has 0 fully saturated rings. The number of nitrogens with one attached hydrogen (secondary N) is 2. The highest BCUT2D eigenvalue weighted by atomic mass is 16.3. The van der Waals surface area contributed by atoms with Gasteiger partial charge in [-0.1, -0.05) is 53.7 Å². The van der Waals surface area contributed by atoms with E-state index >= 15 is 0 Å². The zero-order valence-corrected chi connectivity index (χ0v) is 21.4. The molecule has 0 spiro atoms. The summed E-state index contributed by atoms with van der Waals surface area (Å²) in [7, 11) is 0. The molecule has 0 aliphatic heterocycles. The summed E-state index contributed by atoms with van der Waals surface area (Å²) < 4.78 is 5.81. The van der Waals surface area contributed by atoms with E-state index in [2.05, 4.69) is 36.4 Å². The fraction of sp³-hybridized carbons (Fsp3) is 0.393. The van der Waals surface area contributed by atoms with Crippen molar-refractivity contribution in [1.29, 1.82) is 0 Å². The van der Waals surface area contributed by atoms with Gasteiger partial charge in [-0.25, -0.2) is 0 Å². The highest BCUT2D eigenvalue weighted by Gasteiger charge is 2.23. The average Bonchev–Trinajstić information content (AvgIpc) is 3.15. The van der Waals surface area contributed by atoms with Gasteiger partial charge in [0.05, 0.1) is 17.4 Å². The fourth-order valence-corrected chi connectivity index (χ4v) is 3.42. The van der Waals surface area contributed by atoms with Gasteiger partial charge in [0.15, 0.2) is 0 Å². The Hall–Kier alpha value is -3.41. The van der Waals surface area contributed by atoms with Crippen LogP contribution in [-0.2, 0) is 5.41 Å². The van der Waals surface area contributed by atoms with Crippen LogP contribution < -0.4 is 10.6 Å². The molecule has 0 unspecified atom stereocenters. The van der Waals surface area contributed by atoms with E-state index < -0.39 is 0 Å². The molecule has 6 heteroatoms. The van der Waals surface area contributed by atoms with Gasteiger partial charge in [0.1, 0.15) is 11.5 Å². The van der Waals surface area contributed by atoms with Crippen molar-refractivity contribution >= 4 is 17.5 Å². The van der Waals surface area contributed by atoms with E-state index in [0.29, 0.717) is 29.1 Å². The zero-order chi connectivity index (χ0) is 25.3. The second-order valence-electron chi connectivity index (χ2n) is 11.0. The summed E-state index contributed by atoms with van der Waals surface area (Å²) in [5, 5.41) is 5.90. The van der Waals surface area contributed by atoms with E-state index in [1.165, 1.54) is 0 Å². The lowest BCUT2D eigenvalue weighted by Crippen LogP contribution is -2.32. The van der Waals surface area contributed by atoms with Gasteiger partial charge in [0, 0.05) is 28.8 Å². The number of aryl methyl sites for hydroxylation is 2. The average molecular weight is 462 g/mol. The van der Waals surface area contributed by atoms with Crippen LogP contribution >= 0.6 is 0 Å². The predicted octanol–water partition coefficient (Wildman–Crippen LogP) is 6.28. The van der Waals surface area contributed by atoms with E-state index in [4.69, 9.17) is 4.42 Å². The van der Waals surface area contributed by atoms with Crippen molar-refractivity contribution in [2.24, 2.45) is 5.41 Å². The zero-order valence-electron chi connectivity index (χ0n) is 21.4. The number of pyridine rings is 1. The molecule has 0 atom stereocenters. The van der Waals surface area contributed by atoms with Gasteiger partial charge in [-0.05, 0) is 49.1 Å². The number of hydrogen-bond acceptors (Lipinski definition) is 4. The Balaban J connectivity index is 1.78. The number of carbonyl (C=O) groups is 2. The van der Waals surface area contributed by atoms with E-state index in [1.807, 2.05) is 45.9 Å². The third-order valence-electron chi connectivity index (χ3n) is 5.48. The summed E-state index contributed by atoms with van der Waals surface area (Å²) in [6, 6.07) is 11.1. The molecule has 0 aliphatic carbocycles. The van der Waals surface area contributed by atoms with Crippen LogP contribution in [0.2, 0.25) is 0 Å². The number of nitrogens with zero attached hydrogens (tertiary/aromatic N) is 1. The molecular formula is C28H35N3O3. The summed E-state index contributed by atoms with van der Waals surface area (Å²) in [5.41, 5.74) is 4.19. The monoisotopic (exact) mass is 461 g/mol. The highest BCUT2D eigenvalue weighted by molar-refractivity contribution is 6.05. The Labute approximate surface area is 202 Å². The highest BCUT2D eigenvalue weighted by Crippen LogP contribution is 2.29. The molecule has 34 heavy (non-hydrogen) atoms. The Morgan fingerprint density at radius 2 is 1.59 bits per heavy atom. The van der Waals surface area contributed by atoms with Crippen molar-refractivity contribution in [3.8, 4) is 11.1 Å². The number of furan rings is 1. The topological polar surface area (TPSA) is 84.2 Å². The molecule has 0 saturated heterocycles. The lowest BCUT2D eigenvalue weighted by atomic mass is 9.93. The predicted molar refractivity (Wildman–Crippen MR) is 136 cm³/mol. The number of aromatic nitrogens is 1. The number of carbonyl (C=O) groups excluding carboxylic acids is 2. The summed E-state index contributed by atoms with van der Waals surface area (Å²) in [5.74, 6) is 1.02. The summed E-state index contributed by atoms with van der Waals surface area (Å²) in [6.45, 7) is 16.7. The van der Waals surface area contributed by atoms with Crippen LogP contribution in [0.4, 0.5) is 5.69 Å². The molecule has 180 valence electrons. The Kier molecular flexibility index (Phi) is 7.01. The smallest absolute Gasteiger partial charge is 0.259 e. The molecular weight excluding hydrogens is 426 g/mol. The minimum absolute atomic E-state index is 0.0204. The van der Waals surface area contributed by atoms with Crippen molar-refractivity contribution in [3.63, 3.8) is 0 Å². The maximum Gasteiger partial charge on any atom is 0.259 e. The molecule has 0 aliphatic rings. The molecule has 0 bridgehead atoms. The number of amides is 2. The van der Waals surface area contributed by atoms with Crippen LogP contribution in [0.25, 0.3) is 11.1 Å². The quantitative estimate of drug-likeness (QED) is 0.468. The van der Waals surface area contributed by atoms with E-state index in [0.717, 1.165) is 22.6 Å². The first kappa shape index (κ1) is 25.2. The van der Waals surface area contributed by atoms with Crippen LogP contribution in [0, 0.1) is 19.3 Å². The first-order chi connectivity index (χ1) is 15.7. The van der Waals surface area contributed by atoms with Gasteiger partial charge in [-0.15, -0.1) is 0 Å². The maximum absolute atomic E-state index is 12.9. The minimum atomic E-state index is -0.237. The van der Waals surface area contributed by atoms with Crippen molar-refractivity contribution in [1.82, 2.24) is 10.3 Å². The third-order valence-corrected chi connectivity index (χ3v) is 5.48. The molecule has 0 saturated carbocycles. The standard InChI is InChI=1S/C28H35N3O3/c1-17-22(19-9-11-20(12-10-19)25(32)30-16-27(3,4)5)13-21(15-29-17)31-26(33)23-14-24(28(6,7)8)34-18(23)2/h9-15H,16H2,1-8H3,(H,30,32)(H,31,33). The van der Waals surface area contributed by atoms with E-state index in [1.54, 1.807) is 31.3 Å². The Morgan fingerprint density at radius 1 is 0.941 bits per heavy atom. The molecule has 2 heterocycles. The Morgan fingerprint density at radius 3 is 2.15 bits per heavy atom. The molecule has 2 aromatic heterocycles. The van der Waals surface area contributed by atoms with Gasteiger partial charge in [0.25, 0.3) is 11.8 Å². The maximum atomic E-state index is 12.9. The lowest BCUT2D eigenvalue weighted by Gasteiger charge is -2.18. The fourth-order valence-electron chi connectivity index (χ4n) is 3.42. The van der Waals surface area contributed by atoms with Gasteiger partial charge >= 0.3 is 0 Å². The third kappa shape index (κ3) is 6.13. The number of benzene rings is 1. The number of rotatable bonds is 5. The van der Waals surface area contributed by atoms with Gasteiger partial charge < -0.3 is 15.1 Å². The van der Waals surface area contributed by atoms with Crippen molar-refractivity contribution < 1.29 is 14.0 Å². The first-order valence-electron chi connectivity index (χ1n) is 11.5. The summed E-state index contributed by atoms with van der Waals surface area (Å²) in [4.78, 5) is 29.8. The summed E-state index contributed by atoms with van der Waals surface area (Å²) in [6.07, 6.45) is 1.64. The lowest BCUT2D eigenvalue weighted by molar-refractivity contribution is 0.0938. The number of hydrogen-bond donors (Lipinski definition) is 2. The largest absolute Gasteiger partial charge is 0.465 e. The molecule has 2 N–H and O–H groups in total. The Bertz CT molecular complexity index is 1190. The van der Waals surface area contributed by atoms with Gasteiger partial charge in [0.2, 0.25) is 0 Å². The van der Waals surface area contributed by atoms with Crippen LogP contribution in [0.15, 0.2) is 47.0 Å². The van der Waals surface area contributed by atoms with E-state index in [9.17, 15) is 9.59 Å². The van der Waals surface area contributed by atoms with Crippen LogP contribution in [-0.4, -0.2) is 23.3 Å².